The van der Waals surface area contributed by atoms with Crippen LogP contribution < -0.4 is 17.3 Å². The summed E-state index contributed by atoms with van der Waals surface area (Å²) in [4.78, 5) is 6.61. The highest BCUT2D eigenvalue weighted by molar-refractivity contribution is 9.08. The van der Waals surface area contributed by atoms with Crippen LogP contribution in [-0.2, 0) is 5.33 Å². The molecule has 0 aromatic heterocycles. The lowest BCUT2D eigenvalue weighted by molar-refractivity contribution is -0.00000538. The third-order valence-electron chi connectivity index (χ3n) is 4.57. The van der Waals surface area contributed by atoms with Crippen LogP contribution >= 0.6 is 15.9 Å². The van der Waals surface area contributed by atoms with E-state index in [0.717, 1.165) is 17.6 Å². The number of halogens is 2. The van der Waals surface area contributed by atoms with Crippen molar-refractivity contribution in [1.82, 2.24) is 0 Å². The molecule has 0 saturated heterocycles. The van der Waals surface area contributed by atoms with E-state index in [1.807, 2.05) is 0 Å². The molecule has 0 heterocycles. The molecule has 4 heteroatoms. The van der Waals surface area contributed by atoms with Crippen molar-refractivity contribution in [3.63, 3.8) is 0 Å². The van der Waals surface area contributed by atoms with Gasteiger partial charge in [-0.05, 0) is 59.0 Å². The first kappa shape index (κ1) is 22.2. The van der Waals surface area contributed by atoms with Crippen LogP contribution in [0.25, 0.3) is 5.57 Å². The highest BCUT2D eigenvalue weighted by Gasteiger charge is 2.12. The molecule has 0 amide bonds. The zero-order valence-corrected chi connectivity index (χ0v) is 18.8. The highest BCUT2D eigenvalue weighted by atomic mass is 79.9. The predicted octanol–water partition coefficient (Wildman–Crippen LogP) is 3.04. The van der Waals surface area contributed by atoms with Gasteiger partial charge in [0.1, 0.15) is 0 Å². The SMILES string of the molecule is CCN=C1C=CC(=C(c2ccc(CBr)cc2)c2ccc(N(C)C)cc2)C=C1.[Cl-]. The summed E-state index contributed by atoms with van der Waals surface area (Å²) in [6.07, 6.45) is 8.53. The van der Waals surface area contributed by atoms with E-state index in [1.165, 1.54) is 33.5 Å². The summed E-state index contributed by atoms with van der Waals surface area (Å²) < 4.78 is 0. The van der Waals surface area contributed by atoms with E-state index >= 15 is 0 Å². The van der Waals surface area contributed by atoms with Gasteiger partial charge in [-0.2, -0.15) is 0 Å². The molecule has 0 unspecified atom stereocenters. The Morgan fingerprint density at radius 3 is 1.86 bits per heavy atom. The predicted molar refractivity (Wildman–Crippen MR) is 122 cm³/mol. The van der Waals surface area contributed by atoms with Crippen LogP contribution in [0.2, 0.25) is 0 Å². The summed E-state index contributed by atoms with van der Waals surface area (Å²) in [7, 11) is 4.13. The van der Waals surface area contributed by atoms with Gasteiger partial charge in [0.25, 0.3) is 0 Å². The van der Waals surface area contributed by atoms with E-state index in [2.05, 4.69) is 120 Å². The summed E-state index contributed by atoms with van der Waals surface area (Å²) >= 11 is 3.53. The Balaban J connectivity index is 0.00000280. The molecule has 3 rings (SSSR count). The first-order valence-electron chi connectivity index (χ1n) is 9.20. The Morgan fingerprint density at radius 2 is 1.39 bits per heavy atom. The molecule has 2 nitrogen and oxygen atoms in total. The molecule has 0 fully saturated rings. The van der Waals surface area contributed by atoms with E-state index in [-0.39, 0.29) is 12.4 Å². The van der Waals surface area contributed by atoms with Crippen molar-refractivity contribution >= 4 is 32.9 Å². The summed E-state index contributed by atoms with van der Waals surface area (Å²) in [6, 6.07) is 17.5. The van der Waals surface area contributed by atoms with Crippen molar-refractivity contribution in [3.05, 3.63) is 95.1 Å². The fraction of sp³-hybridized carbons (Fsp3) is 0.208. The second kappa shape index (κ2) is 10.4. The maximum Gasteiger partial charge on any atom is 0.0574 e. The Hall–Kier alpha value is -2.10. The lowest BCUT2D eigenvalue weighted by Gasteiger charge is -2.17. The van der Waals surface area contributed by atoms with Gasteiger partial charge in [-0.15, -0.1) is 0 Å². The van der Waals surface area contributed by atoms with Gasteiger partial charge >= 0.3 is 0 Å². The van der Waals surface area contributed by atoms with Gasteiger partial charge in [-0.1, -0.05) is 64.5 Å². The summed E-state index contributed by atoms with van der Waals surface area (Å²) in [5, 5.41) is 0.868. The van der Waals surface area contributed by atoms with Crippen LogP contribution in [0, 0.1) is 0 Å². The van der Waals surface area contributed by atoms with Gasteiger partial charge in [0, 0.05) is 31.7 Å². The number of aliphatic imine (C=N–C) groups is 1. The quantitative estimate of drug-likeness (QED) is 0.632. The van der Waals surface area contributed by atoms with Crippen molar-refractivity contribution in [3.8, 4) is 0 Å². The van der Waals surface area contributed by atoms with Crippen LogP contribution in [0.1, 0.15) is 23.6 Å². The topological polar surface area (TPSA) is 15.6 Å². The number of allylic oxidation sites excluding steroid dienone is 5. The first-order valence-corrected chi connectivity index (χ1v) is 10.3. The fourth-order valence-electron chi connectivity index (χ4n) is 3.10. The zero-order valence-electron chi connectivity index (χ0n) is 16.5. The Morgan fingerprint density at radius 1 is 0.857 bits per heavy atom. The van der Waals surface area contributed by atoms with Crippen LogP contribution in [0.5, 0.6) is 0 Å². The average molecular weight is 457 g/mol. The minimum absolute atomic E-state index is 0. The smallest absolute Gasteiger partial charge is 0.0574 e. The normalized spacial score (nSPS) is 12.6. The summed E-state index contributed by atoms with van der Waals surface area (Å²) in [6.45, 7) is 2.86. The van der Waals surface area contributed by atoms with Crippen LogP contribution in [0.4, 0.5) is 5.69 Å². The van der Waals surface area contributed by atoms with Crippen molar-refractivity contribution in [2.75, 3.05) is 25.5 Å². The number of alkyl halides is 1. The molecule has 1 aliphatic carbocycles. The van der Waals surface area contributed by atoms with E-state index in [1.54, 1.807) is 0 Å². The maximum absolute atomic E-state index is 4.49. The van der Waals surface area contributed by atoms with Gasteiger partial charge in [-0.3, -0.25) is 4.99 Å². The van der Waals surface area contributed by atoms with Gasteiger partial charge in [0.05, 0.1) is 5.71 Å². The molecular formula is C24H25BrClN2-. The van der Waals surface area contributed by atoms with Crippen molar-refractivity contribution < 1.29 is 12.4 Å². The number of nitrogens with zero attached hydrogens (tertiary/aromatic N) is 2. The molecule has 0 bridgehead atoms. The van der Waals surface area contributed by atoms with Crippen molar-refractivity contribution in [2.45, 2.75) is 12.3 Å². The molecule has 0 atom stereocenters. The van der Waals surface area contributed by atoms with Gasteiger partial charge in [0.15, 0.2) is 0 Å². The lowest BCUT2D eigenvalue weighted by Crippen LogP contribution is -3.00. The summed E-state index contributed by atoms with van der Waals surface area (Å²) in [5.74, 6) is 0. The molecular weight excluding hydrogens is 432 g/mol. The van der Waals surface area contributed by atoms with Crippen molar-refractivity contribution in [1.29, 1.82) is 0 Å². The van der Waals surface area contributed by atoms with Gasteiger partial charge in [-0.25, -0.2) is 0 Å². The molecule has 0 aliphatic heterocycles. The first-order chi connectivity index (χ1) is 13.1. The second-order valence-electron chi connectivity index (χ2n) is 6.67. The number of anilines is 1. The minimum atomic E-state index is 0. The average Bonchev–Trinajstić information content (AvgIpc) is 2.70. The molecule has 28 heavy (non-hydrogen) atoms. The minimum Gasteiger partial charge on any atom is -1.00 e. The molecule has 0 N–H and O–H groups in total. The zero-order chi connectivity index (χ0) is 19.2. The molecule has 146 valence electrons. The Labute approximate surface area is 182 Å². The number of hydrogen-bond donors (Lipinski definition) is 0. The maximum atomic E-state index is 4.49. The van der Waals surface area contributed by atoms with Crippen LogP contribution in [0.15, 0.2) is 83.4 Å². The largest absolute Gasteiger partial charge is 1.00 e. The molecule has 0 saturated carbocycles. The monoisotopic (exact) mass is 455 g/mol. The Bertz CT molecular complexity index is 887. The van der Waals surface area contributed by atoms with E-state index < -0.39 is 0 Å². The van der Waals surface area contributed by atoms with E-state index in [9.17, 15) is 0 Å². The third kappa shape index (κ3) is 5.24. The lowest BCUT2D eigenvalue weighted by atomic mass is 9.90. The standard InChI is InChI=1S/C24H25BrN2.ClH/c1-4-26-22-13-9-20(10-14-22)24(19-7-5-18(17-25)6-8-19)21-11-15-23(16-12-21)27(2)3;/h5-16H,4,17H2,1-3H3;1H/p-1. The van der Waals surface area contributed by atoms with E-state index in [4.69, 9.17) is 0 Å². The molecule has 2 aromatic rings. The van der Waals surface area contributed by atoms with Crippen LogP contribution in [-0.4, -0.2) is 26.4 Å². The van der Waals surface area contributed by atoms with E-state index in [0.29, 0.717) is 0 Å². The van der Waals surface area contributed by atoms with Gasteiger partial charge in [0.2, 0.25) is 0 Å². The third-order valence-corrected chi connectivity index (χ3v) is 5.21. The molecule has 0 spiro atoms. The Kier molecular flexibility index (Phi) is 8.28. The molecule has 2 aromatic carbocycles. The summed E-state index contributed by atoms with van der Waals surface area (Å²) in [5.41, 5.74) is 8.38. The molecule has 1 aliphatic rings. The number of hydrogen-bond acceptors (Lipinski definition) is 2. The number of rotatable bonds is 5. The number of benzene rings is 2. The van der Waals surface area contributed by atoms with Crippen LogP contribution in [0.3, 0.4) is 0 Å². The second-order valence-corrected chi connectivity index (χ2v) is 7.23. The fourth-order valence-corrected chi connectivity index (χ4v) is 3.48. The van der Waals surface area contributed by atoms with Gasteiger partial charge < -0.3 is 17.3 Å². The highest BCUT2D eigenvalue weighted by Crippen LogP contribution is 2.31. The molecule has 0 radical (unpaired) electrons. The van der Waals surface area contributed by atoms with Crippen molar-refractivity contribution in [2.24, 2.45) is 4.99 Å².